The smallest absolute Gasteiger partial charge is 0.240 e. The van der Waals surface area contributed by atoms with Gasteiger partial charge in [0.2, 0.25) is 11.7 Å². The Morgan fingerprint density at radius 3 is 3.07 bits per heavy atom. The Bertz CT molecular complexity index is 452. The average molecular weight is 204 g/mol. The Labute approximate surface area is 87.5 Å². The van der Waals surface area contributed by atoms with Crippen molar-refractivity contribution in [3.05, 3.63) is 29.9 Å². The number of aromatic nitrogens is 3. The standard InChI is InChI=1S/C10H12N4O/c1-7-3-4-12-5-8(7)10-13-9(6-11-2)15-14-10/h3-5,11H,6H2,1-2H3. The molecule has 0 spiro atoms. The zero-order valence-electron chi connectivity index (χ0n) is 8.69. The molecule has 2 aromatic heterocycles. The van der Waals surface area contributed by atoms with E-state index >= 15 is 0 Å². The van der Waals surface area contributed by atoms with Gasteiger partial charge in [0.1, 0.15) is 0 Å². The summed E-state index contributed by atoms with van der Waals surface area (Å²) in [5, 5.41) is 6.85. The molecule has 2 aromatic rings. The lowest BCUT2D eigenvalue weighted by atomic mass is 10.1. The van der Waals surface area contributed by atoms with Gasteiger partial charge >= 0.3 is 0 Å². The lowest BCUT2D eigenvalue weighted by Gasteiger charge is -1.97. The van der Waals surface area contributed by atoms with E-state index in [0.29, 0.717) is 18.3 Å². The van der Waals surface area contributed by atoms with Crippen LogP contribution in [-0.2, 0) is 6.54 Å². The van der Waals surface area contributed by atoms with Crippen LogP contribution in [0.15, 0.2) is 23.0 Å². The van der Waals surface area contributed by atoms with Crippen molar-refractivity contribution in [1.82, 2.24) is 20.4 Å². The topological polar surface area (TPSA) is 63.8 Å². The van der Waals surface area contributed by atoms with E-state index in [4.69, 9.17) is 4.52 Å². The number of rotatable bonds is 3. The average Bonchev–Trinajstić information content (AvgIpc) is 2.68. The molecule has 0 fully saturated rings. The fraction of sp³-hybridized carbons (Fsp3) is 0.300. The van der Waals surface area contributed by atoms with Crippen LogP contribution >= 0.6 is 0 Å². The highest BCUT2D eigenvalue weighted by atomic mass is 16.5. The van der Waals surface area contributed by atoms with Gasteiger partial charge in [0.15, 0.2) is 0 Å². The third kappa shape index (κ3) is 2.02. The molecule has 2 heterocycles. The molecular formula is C10H12N4O. The van der Waals surface area contributed by atoms with Gasteiger partial charge in [-0.05, 0) is 25.6 Å². The Morgan fingerprint density at radius 1 is 1.47 bits per heavy atom. The van der Waals surface area contributed by atoms with E-state index in [0.717, 1.165) is 11.1 Å². The van der Waals surface area contributed by atoms with Crippen LogP contribution in [0.1, 0.15) is 11.5 Å². The maximum atomic E-state index is 5.06. The molecule has 15 heavy (non-hydrogen) atoms. The predicted molar refractivity (Wildman–Crippen MR) is 55.0 cm³/mol. The molecule has 0 unspecified atom stereocenters. The quantitative estimate of drug-likeness (QED) is 0.812. The normalized spacial score (nSPS) is 10.5. The van der Waals surface area contributed by atoms with E-state index in [-0.39, 0.29) is 0 Å². The van der Waals surface area contributed by atoms with Gasteiger partial charge in [0.05, 0.1) is 6.54 Å². The Kier molecular flexibility index (Phi) is 2.73. The van der Waals surface area contributed by atoms with Gasteiger partial charge in [-0.15, -0.1) is 0 Å². The van der Waals surface area contributed by atoms with E-state index in [2.05, 4.69) is 20.4 Å². The maximum Gasteiger partial charge on any atom is 0.240 e. The molecule has 0 aliphatic heterocycles. The summed E-state index contributed by atoms with van der Waals surface area (Å²) in [6.45, 7) is 2.57. The predicted octanol–water partition coefficient (Wildman–Crippen LogP) is 1.16. The zero-order chi connectivity index (χ0) is 10.7. The summed E-state index contributed by atoms with van der Waals surface area (Å²) in [5.41, 5.74) is 1.99. The van der Waals surface area contributed by atoms with Crippen molar-refractivity contribution in [1.29, 1.82) is 0 Å². The van der Waals surface area contributed by atoms with Crippen LogP contribution in [-0.4, -0.2) is 22.2 Å². The van der Waals surface area contributed by atoms with Crippen LogP contribution in [0.4, 0.5) is 0 Å². The first-order valence-electron chi connectivity index (χ1n) is 4.69. The lowest BCUT2D eigenvalue weighted by molar-refractivity contribution is 0.372. The minimum absolute atomic E-state index is 0.576. The van der Waals surface area contributed by atoms with Crippen molar-refractivity contribution in [2.75, 3.05) is 7.05 Å². The molecular weight excluding hydrogens is 192 g/mol. The van der Waals surface area contributed by atoms with Gasteiger partial charge < -0.3 is 9.84 Å². The summed E-state index contributed by atoms with van der Waals surface area (Å²) < 4.78 is 5.06. The van der Waals surface area contributed by atoms with E-state index in [1.54, 1.807) is 12.4 Å². The molecule has 0 amide bonds. The summed E-state index contributed by atoms with van der Waals surface area (Å²) in [6.07, 6.45) is 3.48. The monoisotopic (exact) mass is 204 g/mol. The fourth-order valence-corrected chi connectivity index (χ4v) is 1.29. The first-order chi connectivity index (χ1) is 7.31. The van der Waals surface area contributed by atoms with Gasteiger partial charge in [-0.2, -0.15) is 4.98 Å². The Morgan fingerprint density at radius 2 is 2.33 bits per heavy atom. The van der Waals surface area contributed by atoms with Crippen LogP contribution in [0.5, 0.6) is 0 Å². The molecule has 0 aliphatic carbocycles. The number of nitrogens with one attached hydrogen (secondary N) is 1. The first-order valence-corrected chi connectivity index (χ1v) is 4.69. The molecule has 0 saturated carbocycles. The van der Waals surface area contributed by atoms with Gasteiger partial charge in [-0.3, -0.25) is 4.98 Å². The lowest BCUT2D eigenvalue weighted by Crippen LogP contribution is -2.04. The summed E-state index contributed by atoms with van der Waals surface area (Å²) in [5.74, 6) is 1.17. The number of nitrogens with zero attached hydrogens (tertiary/aromatic N) is 3. The first kappa shape index (κ1) is 9.79. The molecule has 5 heteroatoms. The van der Waals surface area contributed by atoms with Gasteiger partial charge in [0, 0.05) is 18.0 Å². The molecule has 5 nitrogen and oxygen atoms in total. The van der Waals surface area contributed by atoms with Crippen molar-refractivity contribution in [2.45, 2.75) is 13.5 Å². The van der Waals surface area contributed by atoms with Gasteiger partial charge in [-0.25, -0.2) is 0 Å². The van der Waals surface area contributed by atoms with E-state index in [1.165, 1.54) is 0 Å². The molecule has 78 valence electrons. The van der Waals surface area contributed by atoms with Crippen molar-refractivity contribution in [3.8, 4) is 11.4 Å². The van der Waals surface area contributed by atoms with Crippen molar-refractivity contribution >= 4 is 0 Å². The van der Waals surface area contributed by atoms with Crippen LogP contribution in [0.2, 0.25) is 0 Å². The third-order valence-corrected chi connectivity index (χ3v) is 2.08. The fourth-order valence-electron chi connectivity index (χ4n) is 1.29. The highest BCUT2D eigenvalue weighted by Crippen LogP contribution is 2.18. The number of aryl methyl sites for hydroxylation is 1. The molecule has 0 bridgehead atoms. The van der Waals surface area contributed by atoms with Crippen molar-refractivity contribution in [2.24, 2.45) is 0 Å². The van der Waals surface area contributed by atoms with E-state index in [9.17, 15) is 0 Å². The molecule has 0 saturated heterocycles. The Balaban J connectivity index is 2.33. The molecule has 0 aliphatic rings. The summed E-state index contributed by atoms with van der Waals surface area (Å²) in [7, 11) is 1.83. The largest absolute Gasteiger partial charge is 0.338 e. The van der Waals surface area contributed by atoms with Crippen molar-refractivity contribution < 1.29 is 4.52 Å². The Hall–Kier alpha value is -1.75. The summed E-state index contributed by atoms with van der Waals surface area (Å²) >= 11 is 0. The van der Waals surface area contributed by atoms with Gasteiger partial charge in [-0.1, -0.05) is 5.16 Å². The van der Waals surface area contributed by atoms with Crippen LogP contribution in [0.3, 0.4) is 0 Å². The summed E-state index contributed by atoms with van der Waals surface area (Å²) in [4.78, 5) is 8.29. The molecule has 1 N–H and O–H groups in total. The molecule has 0 radical (unpaired) electrons. The highest BCUT2D eigenvalue weighted by molar-refractivity contribution is 5.57. The van der Waals surface area contributed by atoms with E-state index in [1.807, 2.05) is 20.0 Å². The van der Waals surface area contributed by atoms with Crippen molar-refractivity contribution in [3.63, 3.8) is 0 Å². The number of hydrogen-bond donors (Lipinski definition) is 1. The minimum atomic E-state index is 0.576. The second-order valence-corrected chi connectivity index (χ2v) is 3.23. The number of hydrogen-bond acceptors (Lipinski definition) is 5. The number of pyridine rings is 1. The molecule has 0 atom stereocenters. The second kappa shape index (κ2) is 4.18. The van der Waals surface area contributed by atoms with Gasteiger partial charge in [0.25, 0.3) is 0 Å². The SMILES string of the molecule is CNCc1nc(-c2cnccc2C)no1. The molecule has 0 aromatic carbocycles. The molecule has 2 rings (SSSR count). The minimum Gasteiger partial charge on any atom is -0.338 e. The summed E-state index contributed by atoms with van der Waals surface area (Å²) in [6, 6.07) is 1.92. The second-order valence-electron chi connectivity index (χ2n) is 3.23. The zero-order valence-corrected chi connectivity index (χ0v) is 8.69. The highest BCUT2D eigenvalue weighted by Gasteiger charge is 2.09. The van der Waals surface area contributed by atoms with E-state index < -0.39 is 0 Å². The maximum absolute atomic E-state index is 5.06. The third-order valence-electron chi connectivity index (χ3n) is 2.08. The van der Waals surface area contributed by atoms with Crippen LogP contribution < -0.4 is 5.32 Å². The van der Waals surface area contributed by atoms with Crippen LogP contribution in [0.25, 0.3) is 11.4 Å². The van der Waals surface area contributed by atoms with Crippen LogP contribution in [0, 0.1) is 6.92 Å².